The zero-order valence-electron chi connectivity index (χ0n) is 16.1. The van der Waals surface area contributed by atoms with E-state index in [1.165, 1.54) is 0 Å². The standard InChI is InChI=1S/C15H35NO5Si2/c1-15(2,3)22(7,8)21-14(17)10-12-16-11-9-13-23(18-4,19-5)20-6/h16H,9-13H2,1-8H3. The number of carbonyl (C=O) groups is 1. The fraction of sp³-hybridized carbons (Fsp3) is 0.933. The number of nitrogens with one attached hydrogen (secondary N) is 1. The number of hydrogen-bond donors (Lipinski definition) is 1. The molecule has 0 unspecified atom stereocenters. The molecule has 0 fully saturated rings. The molecule has 0 spiro atoms. The zero-order chi connectivity index (χ0) is 18.1. The fourth-order valence-corrected chi connectivity index (χ4v) is 4.49. The molecule has 0 aliphatic rings. The van der Waals surface area contributed by atoms with Crippen molar-refractivity contribution in [2.45, 2.75) is 57.8 Å². The summed E-state index contributed by atoms with van der Waals surface area (Å²) in [5.74, 6) is -0.113. The summed E-state index contributed by atoms with van der Waals surface area (Å²) in [7, 11) is 0.361. The second kappa shape index (κ2) is 9.90. The Kier molecular flexibility index (Phi) is 9.79. The van der Waals surface area contributed by atoms with Gasteiger partial charge in [0, 0.05) is 33.9 Å². The lowest BCUT2D eigenvalue weighted by Gasteiger charge is -2.35. The first-order valence-corrected chi connectivity index (χ1v) is 13.0. The average Bonchev–Trinajstić information content (AvgIpc) is 2.45. The monoisotopic (exact) mass is 365 g/mol. The Hall–Kier alpha value is -0.256. The lowest BCUT2D eigenvalue weighted by Crippen LogP contribution is -2.43. The van der Waals surface area contributed by atoms with Gasteiger partial charge in [-0.2, -0.15) is 0 Å². The van der Waals surface area contributed by atoms with Crippen LogP contribution in [0.15, 0.2) is 0 Å². The Bertz CT molecular complexity index is 346. The maximum atomic E-state index is 12.0. The molecule has 0 atom stereocenters. The van der Waals surface area contributed by atoms with E-state index in [9.17, 15) is 4.79 Å². The van der Waals surface area contributed by atoms with Crippen LogP contribution in [0.2, 0.25) is 24.2 Å². The van der Waals surface area contributed by atoms with Gasteiger partial charge in [0.05, 0.1) is 6.42 Å². The number of hydrogen-bond acceptors (Lipinski definition) is 6. The van der Waals surface area contributed by atoms with Crippen LogP contribution in [-0.2, 0) is 22.5 Å². The number of carbonyl (C=O) groups excluding carboxylic acids is 1. The van der Waals surface area contributed by atoms with E-state index in [4.69, 9.17) is 17.7 Å². The maximum absolute atomic E-state index is 12.0. The first-order chi connectivity index (χ1) is 10.5. The smallest absolute Gasteiger partial charge is 0.500 e. The van der Waals surface area contributed by atoms with E-state index in [1.807, 2.05) is 0 Å². The van der Waals surface area contributed by atoms with Gasteiger partial charge in [0.1, 0.15) is 0 Å². The molecule has 0 aromatic carbocycles. The van der Waals surface area contributed by atoms with E-state index in [0.29, 0.717) is 13.0 Å². The van der Waals surface area contributed by atoms with E-state index in [-0.39, 0.29) is 11.0 Å². The summed E-state index contributed by atoms with van der Waals surface area (Å²) in [6.07, 6.45) is 1.27. The molecule has 0 aliphatic carbocycles. The van der Waals surface area contributed by atoms with E-state index < -0.39 is 17.1 Å². The second-order valence-corrected chi connectivity index (χ2v) is 14.9. The van der Waals surface area contributed by atoms with Gasteiger partial charge in [-0.1, -0.05) is 20.8 Å². The van der Waals surface area contributed by atoms with Gasteiger partial charge >= 0.3 is 8.80 Å². The van der Waals surface area contributed by atoms with Crippen molar-refractivity contribution in [2.75, 3.05) is 34.4 Å². The van der Waals surface area contributed by atoms with Crippen molar-refractivity contribution in [3.8, 4) is 0 Å². The third-order valence-corrected chi connectivity index (χ3v) is 11.6. The van der Waals surface area contributed by atoms with E-state index in [1.54, 1.807) is 21.3 Å². The molecule has 0 aromatic heterocycles. The minimum absolute atomic E-state index is 0.0461. The van der Waals surface area contributed by atoms with Gasteiger partial charge in [0.2, 0.25) is 0 Å². The summed E-state index contributed by atoms with van der Waals surface area (Å²) < 4.78 is 21.8. The van der Waals surface area contributed by atoms with Crippen LogP contribution >= 0.6 is 0 Å². The van der Waals surface area contributed by atoms with Crippen molar-refractivity contribution >= 4 is 23.1 Å². The predicted octanol–water partition coefficient (Wildman–Crippen LogP) is 2.78. The molecule has 0 amide bonds. The maximum Gasteiger partial charge on any atom is 0.500 e. The van der Waals surface area contributed by atoms with Gasteiger partial charge in [-0.3, -0.25) is 4.79 Å². The van der Waals surface area contributed by atoms with Crippen molar-refractivity contribution in [3.63, 3.8) is 0 Å². The Morgan fingerprint density at radius 3 is 1.96 bits per heavy atom. The quantitative estimate of drug-likeness (QED) is 0.449. The summed E-state index contributed by atoms with van der Waals surface area (Å²) in [6.45, 7) is 12.0. The lowest BCUT2D eigenvalue weighted by molar-refractivity contribution is -0.135. The van der Waals surface area contributed by atoms with E-state index in [2.05, 4.69) is 39.2 Å². The molecular weight excluding hydrogens is 330 g/mol. The number of rotatable bonds is 11. The van der Waals surface area contributed by atoms with Crippen LogP contribution in [0.4, 0.5) is 0 Å². The molecule has 0 aromatic rings. The third kappa shape index (κ3) is 7.91. The topological polar surface area (TPSA) is 66.0 Å². The SMILES string of the molecule is CO[Si](CCCNCCC(=O)O[Si](C)(C)C(C)(C)C)(OC)OC. The summed E-state index contributed by atoms with van der Waals surface area (Å²) >= 11 is 0. The summed E-state index contributed by atoms with van der Waals surface area (Å²) in [4.78, 5) is 12.0. The van der Waals surface area contributed by atoms with Gasteiger partial charge < -0.3 is 23.0 Å². The van der Waals surface area contributed by atoms with Gasteiger partial charge in [-0.05, 0) is 31.1 Å². The predicted molar refractivity (Wildman–Crippen MR) is 97.0 cm³/mol. The molecule has 0 bridgehead atoms. The summed E-state index contributed by atoms with van der Waals surface area (Å²) in [5.41, 5.74) is 0. The van der Waals surface area contributed by atoms with Crippen molar-refractivity contribution < 1.29 is 22.5 Å². The van der Waals surface area contributed by atoms with Crippen molar-refractivity contribution in [1.82, 2.24) is 5.32 Å². The van der Waals surface area contributed by atoms with E-state index in [0.717, 1.165) is 19.0 Å². The average molecular weight is 366 g/mol. The minimum Gasteiger partial charge on any atom is -0.519 e. The molecule has 0 radical (unpaired) electrons. The van der Waals surface area contributed by atoms with Gasteiger partial charge in [0.15, 0.2) is 0 Å². The van der Waals surface area contributed by atoms with Crippen LogP contribution in [0.3, 0.4) is 0 Å². The lowest BCUT2D eigenvalue weighted by atomic mass is 10.2. The highest BCUT2D eigenvalue weighted by molar-refractivity contribution is 6.75. The van der Waals surface area contributed by atoms with Crippen molar-refractivity contribution in [3.05, 3.63) is 0 Å². The highest BCUT2D eigenvalue weighted by atomic mass is 28.4. The van der Waals surface area contributed by atoms with Gasteiger partial charge in [-0.25, -0.2) is 0 Å². The summed E-state index contributed by atoms with van der Waals surface area (Å²) in [5, 5.41) is 3.30. The Morgan fingerprint density at radius 1 is 1.00 bits per heavy atom. The van der Waals surface area contributed by atoms with Crippen LogP contribution in [-0.4, -0.2) is 57.5 Å². The molecule has 0 heterocycles. The molecule has 0 saturated carbocycles. The zero-order valence-corrected chi connectivity index (χ0v) is 18.1. The Balaban J connectivity index is 3.95. The van der Waals surface area contributed by atoms with Crippen LogP contribution < -0.4 is 5.32 Å². The molecule has 0 saturated heterocycles. The van der Waals surface area contributed by atoms with Crippen LogP contribution in [0.5, 0.6) is 0 Å². The van der Waals surface area contributed by atoms with Crippen LogP contribution in [0.25, 0.3) is 0 Å². The Labute approximate surface area is 143 Å². The normalized spacial score (nSPS) is 13.2. The molecule has 6 nitrogen and oxygen atoms in total. The van der Waals surface area contributed by atoms with Gasteiger partial charge in [0.25, 0.3) is 14.3 Å². The Morgan fingerprint density at radius 2 is 1.52 bits per heavy atom. The molecule has 0 rings (SSSR count). The first kappa shape index (κ1) is 22.7. The largest absolute Gasteiger partial charge is 0.519 e. The van der Waals surface area contributed by atoms with Crippen LogP contribution in [0, 0.1) is 0 Å². The molecular formula is C15H35NO5Si2. The van der Waals surface area contributed by atoms with Crippen molar-refractivity contribution in [2.24, 2.45) is 0 Å². The second-order valence-electron chi connectivity index (χ2n) is 7.13. The molecule has 138 valence electrons. The van der Waals surface area contributed by atoms with E-state index >= 15 is 0 Å². The highest BCUT2D eigenvalue weighted by Gasteiger charge is 2.40. The summed E-state index contributed by atoms with van der Waals surface area (Å²) in [6, 6.07) is 0.748. The fourth-order valence-electron chi connectivity index (χ4n) is 1.79. The van der Waals surface area contributed by atoms with Crippen LogP contribution in [0.1, 0.15) is 33.6 Å². The first-order valence-electron chi connectivity index (χ1n) is 8.11. The molecule has 23 heavy (non-hydrogen) atoms. The van der Waals surface area contributed by atoms with Crippen molar-refractivity contribution in [1.29, 1.82) is 0 Å². The molecule has 1 N–H and O–H groups in total. The third-order valence-electron chi connectivity index (χ3n) is 4.45. The highest BCUT2D eigenvalue weighted by Crippen LogP contribution is 2.36. The minimum atomic E-state index is -2.48. The molecule has 0 aliphatic heterocycles. The molecule has 8 heteroatoms. The van der Waals surface area contributed by atoms with Gasteiger partial charge in [-0.15, -0.1) is 0 Å².